The molecule has 0 spiro atoms. The number of halogens is 1. The number of hydrogen-bond donors (Lipinski definition) is 0. The highest BCUT2D eigenvalue weighted by atomic mass is 19.1. The van der Waals surface area contributed by atoms with E-state index >= 15 is 0 Å². The van der Waals surface area contributed by atoms with Crippen molar-refractivity contribution in [2.24, 2.45) is 0 Å². The molecule has 0 aliphatic rings. The maximum Gasteiger partial charge on any atom is 0.141 e. The zero-order valence-corrected chi connectivity index (χ0v) is 12.2. The first-order valence-electron chi connectivity index (χ1n) is 6.78. The van der Waals surface area contributed by atoms with Crippen molar-refractivity contribution in [1.82, 2.24) is 0 Å². The van der Waals surface area contributed by atoms with E-state index in [-0.39, 0.29) is 18.0 Å². The van der Waals surface area contributed by atoms with E-state index in [1.807, 2.05) is 32.0 Å². The highest BCUT2D eigenvalue weighted by molar-refractivity contribution is 5.83. The molecule has 2 aromatic rings. The van der Waals surface area contributed by atoms with Crippen molar-refractivity contribution in [1.29, 1.82) is 0 Å². The van der Waals surface area contributed by atoms with Crippen molar-refractivity contribution in [2.75, 3.05) is 0 Å². The van der Waals surface area contributed by atoms with Crippen LogP contribution in [0.15, 0.2) is 36.4 Å². The Kier molecular flexibility index (Phi) is 4.33. The van der Waals surface area contributed by atoms with E-state index in [4.69, 9.17) is 0 Å². The molecular weight excluding hydrogens is 251 g/mol. The maximum absolute atomic E-state index is 13.2. The molecule has 104 valence electrons. The summed E-state index contributed by atoms with van der Waals surface area (Å²) in [6, 6.07) is 10.7. The smallest absolute Gasteiger partial charge is 0.141 e. The van der Waals surface area contributed by atoms with Gasteiger partial charge in [0.1, 0.15) is 11.6 Å². The first kappa shape index (κ1) is 14.4. The molecule has 2 aromatic carbocycles. The Morgan fingerprint density at radius 1 is 0.900 bits per heavy atom. The predicted octanol–water partition coefficient (Wildman–Crippen LogP) is 4.11. The Balaban J connectivity index is 2.09. The highest BCUT2D eigenvalue weighted by Gasteiger charge is 2.09. The maximum atomic E-state index is 13.2. The molecule has 20 heavy (non-hydrogen) atoms. The van der Waals surface area contributed by atoms with Gasteiger partial charge in [0.05, 0.1) is 0 Å². The standard InChI is InChI=1S/C18H19FO/c1-12-4-6-15(8-14(12)3)9-18(20)11-16-10-17(19)7-5-13(16)2/h4-8,10H,9,11H2,1-3H3. The number of rotatable bonds is 4. The Morgan fingerprint density at radius 3 is 2.30 bits per heavy atom. The van der Waals surface area contributed by atoms with Crippen molar-refractivity contribution in [2.45, 2.75) is 33.6 Å². The molecule has 0 radical (unpaired) electrons. The topological polar surface area (TPSA) is 17.1 Å². The van der Waals surface area contributed by atoms with Gasteiger partial charge in [-0.3, -0.25) is 4.79 Å². The lowest BCUT2D eigenvalue weighted by Gasteiger charge is -2.07. The van der Waals surface area contributed by atoms with E-state index in [2.05, 4.69) is 6.92 Å². The van der Waals surface area contributed by atoms with Gasteiger partial charge in [-0.25, -0.2) is 4.39 Å². The molecule has 0 amide bonds. The second kappa shape index (κ2) is 6.00. The summed E-state index contributed by atoms with van der Waals surface area (Å²) in [5.74, 6) is -0.175. The molecule has 0 atom stereocenters. The van der Waals surface area contributed by atoms with Crippen LogP contribution in [0.4, 0.5) is 4.39 Å². The monoisotopic (exact) mass is 270 g/mol. The SMILES string of the molecule is Cc1ccc(CC(=O)Cc2cc(F)ccc2C)cc1C. The molecule has 0 aromatic heterocycles. The number of benzene rings is 2. The minimum Gasteiger partial charge on any atom is -0.299 e. The van der Waals surface area contributed by atoms with E-state index in [9.17, 15) is 9.18 Å². The van der Waals surface area contributed by atoms with Gasteiger partial charge in [-0.15, -0.1) is 0 Å². The largest absolute Gasteiger partial charge is 0.299 e. The molecule has 0 unspecified atom stereocenters. The van der Waals surface area contributed by atoms with Crippen LogP contribution in [0.25, 0.3) is 0 Å². The van der Waals surface area contributed by atoms with Crippen LogP contribution in [0.5, 0.6) is 0 Å². The lowest BCUT2D eigenvalue weighted by Crippen LogP contribution is -2.08. The van der Waals surface area contributed by atoms with Crippen LogP contribution in [0.1, 0.15) is 27.8 Å². The van der Waals surface area contributed by atoms with E-state index in [0.717, 1.165) is 16.7 Å². The van der Waals surface area contributed by atoms with Crippen molar-refractivity contribution < 1.29 is 9.18 Å². The van der Waals surface area contributed by atoms with E-state index < -0.39 is 0 Å². The van der Waals surface area contributed by atoms with Crippen molar-refractivity contribution in [3.05, 3.63) is 70.0 Å². The molecular formula is C18H19FO. The van der Waals surface area contributed by atoms with Crippen LogP contribution in [-0.4, -0.2) is 5.78 Å². The Bertz CT molecular complexity index is 644. The summed E-state index contributed by atoms with van der Waals surface area (Å²) in [6.07, 6.45) is 0.688. The summed E-state index contributed by atoms with van der Waals surface area (Å²) in [5.41, 5.74) is 5.17. The van der Waals surface area contributed by atoms with Gasteiger partial charge < -0.3 is 0 Å². The number of hydrogen-bond acceptors (Lipinski definition) is 1. The zero-order valence-electron chi connectivity index (χ0n) is 12.2. The fourth-order valence-corrected chi connectivity index (χ4v) is 2.25. The minimum atomic E-state index is -0.287. The number of ketones is 1. The average Bonchev–Trinajstić information content (AvgIpc) is 2.38. The van der Waals surface area contributed by atoms with Gasteiger partial charge in [-0.1, -0.05) is 24.3 Å². The lowest BCUT2D eigenvalue weighted by molar-refractivity contribution is -0.117. The van der Waals surface area contributed by atoms with Crippen molar-refractivity contribution in [3.8, 4) is 0 Å². The molecule has 1 nitrogen and oxygen atoms in total. The zero-order chi connectivity index (χ0) is 14.7. The number of carbonyl (C=O) groups excluding carboxylic acids is 1. The lowest BCUT2D eigenvalue weighted by atomic mass is 9.98. The van der Waals surface area contributed by atoms with E-state index in [1.165, 1.54) is 23.3 Å². The first-order valence-corrected chi connectivity index (χ1v) is 6.78. The number of aryl methyl sites for hydroxylation is 3. The van der Waals surface area contributed by atoms with Crippen LogP contribution in [0.2, 0.25) is 0 Å². The summed E-state index contributed by atoms with van der Waals surface area (Å²) < 4.78 is 13.2. The molecule has 0 aliphatic heterocycles. The number of Topliss-reactive ketones (excluding diaryl/α,β-unsaturated/α-hetero) is 1. The van der Waals surface area contributed by atoms with Gasteiger partial charge in [-0.05, 0) is 60.7 Å². The predicted molar refractivity (Wildman–Crippen MR) is 79.5 cm³/mol. The van der Waals surface area contributed by atoms with Gasteiger partial charge in [0.25, 0.3) is 0 Å². The first-order chi connectivity index (χ1) is 9.45. The second-order valence-electron chi connectivity index (χ2n) is 5.38. The fourth-order valence-electron chi connectivity index (χ4n) is 2.25. The third-order valence-electron chi connectivity index (χ3n) is 3.67. The average molecular weight is 270 g/mol. The second-order valence-corrected chi connectivity index (χ2v) is 5.38. The molecule has 0 saturated carbocycles. The Labute approximate surface area is 119 Å². The van der Waals surface area contributed by atoms with E-state index in [0.29, 0.717) is 6.42 Å². The summed E-state index contributed by atoms with van der Waals surface area (Å²) in [5, 5.41) is 0. The van der Waals surface area contributed by atoms with Crippen molar-refractivity contribution >= 4 is 5.78 Å². The fraction of sp³-hybridized carbons (Fsp3) is 0.278. The summed E-state index contributed by atoms with van der Waals surface area (Å²) in [4.78, 5) is 12.1. The third kappa shape index (κ3) is 3.53. The molecule has 0 saturated heterocycles. The van der Waals surface area contributed by atoms with Gasteiger partial charge in [0, 0.05) is 12.8 Å². The van der Waals surface area contributed by atoms with E-state index in [1.54, 1.807) is 6.07 Å². The van der Waals surface area contributed by atoms with Crippen LogP contribution < -0.4 is 0 Å². The third-order valence-corrected chi connectivity index (χ3v) is 3.67. The summed E-state index contributed by atoms with van der Waals surface area (Å²) in [6.45, 7) is 6.00. The molecule has 0 aliphatic carbocycles. The quantitative estimate of drug-likeness (QED) is 0.817. The minimum absolute atomic E-state index is 0.113. The Morgan fingerprint density at radius 2 is 1.60 bits per heavy atom. The van der Waals surface area contributed by atoms with Crippen molar-refractivity contribution in [3.63, 3.8) is 0 Å². The molecule has 2 rings (SSSR count). The molecule has 0 fully saturated rings. The van der Waals surface area contributed by atoms with Gasteiger partial charge >= 0.3 is 0 Å². The Hall–Kier alpha value is -1.96. The number of carbonyl (C=O) groups is 1. The van der Waals surface area contributed by atoms with Crippen LogP contribution in [0, 0.1) is 26.6 Å². The van der Waals surface area contributed by atoms with Crippen LogP contribution in [-0.2, 0) is 17.6 Å². The summed E-state index contributed by atoms with van der Waals surface area (Å²) in [7, 11) is 0. The summed E-state index contributed by atoms with van der Waals surface area (Å²) >= 11 is 0. The highest BCUT2D eigenvalue weighted by Crippen LogP contribution is 2.14. The van der Waals surface area contributed by atoms with Crippen LogP contribution >= 0.6 is 0 Å². The van der Waals surface area contributed by atoms with Gasteiger partial charge in [0.15, 0.2) is 0 Å². The molecule has 0 bridgehead atoms. The van der Waals surface area contributed by atoms with Gasteiger partial charge in [-0.2, -0.15) is 0 Å². The van der Waals surface area contributed by atoms with Crippen LogP contribution in [0.3, 0.4) is 0 Å². The molecule has 0 heterocycles. The molecule has 2 heteroatoms. The van der Waals surface area contributed by atoms with Gasteiger partial charge in [0.2, 0.25) is 0 Å². The normalized spacial score (nSPS) is 10.6. The molecule has 0 N–H and O–H groups in total.